The van der Waals surface area contributed by atoms with Gasteiger partial charge < -0.3 is 4.90 Å². The molecule has 4 heteroatoms. The van der Waals surface area contributed by atoms with E-state index >= 15 is 0 Å². The minimum absolute atomic E-state index is 0.249. The van der Waals surface area contributed by atoms with E-state index in [4.69, 9.17) is 16.9 Å². The molecule has 0 bridgehead atoms. The van der Waals surface area contributed by atoms with Crippen molar-refractivity contribution in [2.75, 3.05) is 11.9 Å². The second kappa shape index (κ2) is 5.73. The lowest BCUT2D eigenvalue weighted by molar-refractivity contribution is 0.626. The Kier molecular flexibility index (Phi) is 4.03. The van der Waals surface area contributed by atoms with Crippen LogP contribution in [0.1, 0.15) is 11.1 Å². The van der Waals surface area contributed by atoms with E-state index in [2.05, 4.69) is 6.07 Å². The average Bonchev–Trinajstić information content (AvgIpc) is 2.45. The molecule has 0 atom stereocenters. The van der Waals surface area contributed by atoms with E-state index < -0.39 is 0 Å². The number of halogens is 2. The number of para-hydroxylation sites is 1. The molecule has 2 aromatic rings. The van der Waals surface area contributed by atoms with Crippen LogP contribution < -0.4 is 4.90 Å². The Labute approximate surface area is 116 Å². The maximum absolute atomic E-state index is 13.5. The highest BCUT2D eigenvalue weighted by molar-refractivity contribution is 6.17. The first-order valence-electron chi connectivity index (χ1n) is 5.74. The Bertz CT molecular complexity index is 634. The lowest BCUT2D eigenvalue weighted by Crippen LogP contribution is -2.11. The summed E-state index contributed by atoms with van der Waals surface area (Å²) in [6.45, 7) is 0. The van der Waals surface area contributed by atoms with Gasteiger partial charge in [-0.3, -0.25) is 0 Å². The Morgan fingerprint density at radius 3 is 2.68 bits per heavy atom. The van der Waals surface area contributed by atoms with Crippen molar-refractivity contribution in [1.82, 2.24) is 0 Å². The predicted molar refractivity (Wildman–Crippen MR) is 75.2 cm³/mol. The monoisotopic (exact) mass is 274 g/mol. The molecule has 0 amide bonds. The minimum Gasteiger partial charge on any atom is -0.343 e. The van der Waals surface area contributed by atoms with E-state index in [0.29, 0.717) is 16.8 Å². The first-order valence-corrected chi connectivity index (χ1v) is 6.27. The highest BCUT2D eigenvalue weighted by Crippen LogP contribution is 2.28. The van der Waals surface area contributed by atoms with Gasteiger partial charge in [-0.1, -0.05) is 12.1 Å². The lowest BCUT2D eigenvalue weighted by atomic mass is 10.1. The van der Waals surface area contributed by atoms with Crippen LogP contribution in [0.25, 0.3) is 0 Å². The second-order valence-electron chi connectivity index (χ2n) is 4.14. The number of benzene rings is 2. The predicted octanol–water partition coefficient (Wildman–Crippen LogP) is 4.20. The fraction of sp³-hybridized carbons (Fsp3) is 0.133. The quantitative estimate of drug-likeness (QED) is 0.784. The van der Waals surface area contributed by atoms with Gasteiger partial charge in [0.1, 0.15) is 11.9 Å². The van der Waals surface area contributed by atoms with Crippen molar-refractivity contribution in [3.05, 3.63) is 59.4 Å². The zero-order chi connectivity index (χ0) is 13.8. The first-order chi connectivity index (χ1) is 9.15. The Morgan fingerprint density at radius 1 is 1.26 bits per heavy atom. The number of anilines is 2. The summed E-state index contributed by atoms with van der Waals surface area (Å²) < 4.78 is 13.5. The third-order valence-corrected chi connectivity index (χ3v) is 3.18. The van der Waals surface area contributed by atoms with E-state index in [-0.39, 0.29) is 11.7 Å². The Balaban J connectivity index is 2.47. The van der Waals surface area contributed by atoms with Crippen LogP contribution in [0, 0.1) is 17.1 Å². The highest BCUT2D eigenvalue weighted by Gasteiger charge is 2.10. The summed E-state index contributed by atoms with van der Waals surface area (Å²) in [5, 5.41) is 9.10. The number of nitriles is 1. The number of hydrogen-bond acceptors (Lipinski definition) is 2. The van der Waals surface area contributed by atoms with Gasteiger partial charge in [0, 0.05) is 18.6 Å². The molecule has 0 fully saturated rings. The molecule has 0 saturated heterocycles. The van der Waals surface area contributed by atoms with E-state index in [9.17, 15) is 4.39 Å². The van der Waals surface area contributed by atoms with Crippen molar-refractivity contribution < 1.29 is 4.39 Å². The molecule has 0 heterocycles. The van der Waals surface area contributed by atoms with Crippen molar-refractivity contribution in [1.29, 1.82) is 5.26 Å². The van der Waals surface area contributed by atoms with Crippen LogP contribution in [-0.2, 0) is 5.88 Å². The smallest absolute Gasteiger partial charge is 0.125 e. The molecule has 0 aliphatic carbocycles. The van der Waals surface area contributed by atoms with Gasteiger partial charge in [0.2, 0.25) is 0 Å². The van der Waals surface area contributed by atoms with Crippen molar-refractivity contribution in [3.8, 4) is 6.07 Å². The summed E-state index contributed by atoms with van der Waals surface area (Å²) in [5.74, 6) is -0.0900. The number of hydrogen-bond donors (Lipinski definition) is 0. The van der Waals surface area contributed by atoms with Gasteiger partial charge in [0.05, 0.1) is 11.3 Å². The highest BCUT2D eigenvalue weighted by atomic mass is 35.5. The van der Waals surface area contributed by atoms with Crippen LogP contribution in [0.3, 0.4) is 0 Å². The molecule has 0 radical (unpaired) electrons. The molecule has 0 aliphatic heterocycles. The summed E-state index contributed by atoms with van der Waals surface area (Å²) in [6, 6.07) is 14.0. The second-order valence-corrected chi connectivity index (χ2v) is 4.41. The largest absolute Gasteiger partial charge is 0.343 e. The van der Waals surface area contributed by atoms with Crippen LogP contribution in [0.4, 0.5) is 15.8 Å². The molecule has 0 aromatic heterocycles. The molecule has 96 valence electrons. The van der Waals surface area contributed by atoms with Crippen molar-refractivity contribution in [2.45, 2.75) is 5.88 Å². The van der Waals surface area contributed by atoms with Gasteiger partial charge in [-0.25, -0.2) is 4.39 Å². The number of alkyl halides is 1. The summed E-state index contributed by atoms with van der Waals surface area (Å²) in [5.41, 5.74) is 2.65. The van der Waals surface area contributed by atoms with Crippen molar-refractivity contribution in [3.63, 3.8) is 0 Å². The minimum atomic E-state index is -0.338. The molecule has 0 saturated carbocycles. The third kappa shape index (κ3) is 2.86. The number of nitrogens with zero attached hydrogens (tertiary/aromatic N) is 2. The fourth-order valence-electron chi connectivity index (χ4n) is 1.90. The Morgan fingerprint density at radius 2 is 2.00 bits per heavy atom. The summed E-state index contributed by atoms with van der Waals surface area (Å²) in [7, 11) is 1.79. The standard InChI is InChI=1S/C15H12ClFN2/c1-19(15-5-3-2-4-12(15)10-18)14-7-11(9-16)6-13(17)8-14/h2-8H,9H2,1H3. The van der Waals surface area contributed by atoms with Gasteiger partial charge in [-0.2, -0.15) is 5.26 Å². The fourth-order valence-corrected chi connectivity index (χ4v) is 2.06. The van der Waals surface area contributed by atoms with Crippen molar-refractivity contribution in [2.24, 2.45) is 0 Å². The third-order valence-electron chi connectivity index (χ3n) is 2.87. The molecule has 0 unspecified atom stereocenters. The molecule has 0 N–H and O–H groups in total. The van der Waals surface area contributed by atoms with Crippen LogP contribution in [0.15, 0.2) is 42.5 Å². The molecular formula is C15H12ClFN2. The van der Waals surface area contributed by atoms with Crippen molar-refractivity contribution >= 4 is 23.0 Å². The van der Waals surface area contributed by atoms with E-state index in [1.165, 1.54) is 12.1 Å². The van der Waals surface area contributed by atoms with Crippen LogP contribution in [-0.4, -0.2) is 7.05 Å². The molecule has 0 spiro atoms. The summed E-state index contributed by atoms with van der Waals surface area (Å²) >= 11 is 5.74. The van der Waals surface area contributed by atoms with Gasteiger partial charge in [0.25, 0.3) is 0 Å². The van der Waals surface area contributed by atoms with Crippen LogP contribution >= 0.6 is 11.6 Å². The van der Waals surface area contributed by atoms with E-state index in [0.717, 1.165) is 5.69 Å². The molecule has 0 aliphatic rings. The molecular weight excluding hydrogens is 263 g/mol. The molecule has 19 heavy (non-hydrogen) atoms. The maximum atomic E-state index is 13.5. The zero-order valence-corrected chi connectivity index (χ0v) is 11.2. The maximum Gasteiger partial charge on any atom is 0.125 e. The van der Waals surface area contributed by atoms with Gasteiger partial charge >= 0.3 is 0 Å². The topological polar surface area (TPSA) is 27.0 Å². The van der Waals surface area contributed by atoms with Gasteiger partial charge in [-0.15, -0.1) is 11.6 Å². The van der Waals surface area contributed by atoms with Crippen LogP contribution in [0.5, 0.6) is 0 Å². The molecule has 2 rings (SSSR count). The zero-order valence-electron chi connectivity index (χ0n) is 10.4. The lowest BCUT2D eigenvalue weighted by Gasteiger charge is -2.21. The van der Waals surface area contributed by atoms with Crippen LogP contribution in [0.2, 0.25) is 0 Å². The Hall–Kier alpha value is -2.05. The van der Waals surface area contributed by atoms with E-state index in [1.807, 2.05) is 18.2 Å². The summed E-state index contributed by atoms with van der Waals surface area (Å²) in [6.07, 6.45) is 0. The SMILES string of the molecule is CN(c1cc(F)cc(CCl)c1)c1ccccc1C#N. The van der Waals surface area contributed by atoms with Gasteiger partial charge in [-0.05, 0) is 35.9 Å². The summed E-state index contributed by atoms with van der Waals surface area (Å²) in [4.78, 5) is 1.78. The average molecular weight is 275 g/mol. The molecule has 2 aromatic carbocycles. The van der Waals surface area contributed by atoms with Gasteiger partial charge in [0.15, 0.2) is 0 Å². The first kappa shape index (κ1) is 13.4. The normalized spacial score (nSPS) is 10.0. The molecule has 2 nitrogen and oxygen atoms in total. The van der Waals surface area contributed by atoms with E-state index in [1.54, 1.807) is 24.1 Å². The number of rotatable bonds is 3.